The van der Waals surface area contributed by atoms with Gasteiger partial charge in [-0.2, -0.15) is 0 Å². The zero-order valence-electron chi connectivity index (χ0n) is 10.5. The number of amides is 1. The molecule has 0 fully saturated rings. The Morgan fingerprint density at radius 3 is 2.44 bits per heavy atom. The van der Waals surface area contributed by atoms with Gasteiger partial charge in [0.1, 0.15) is 0 Å². The van der Waals surface area contributed by atoms with Crippen molar-refractivity contribution in [2.75, 3.05) is 17.7 Å². The maximum atomic E-state index is 12.2. The van der Waals surface area contributed by atoms with E-state index in [0.29, 0.717) is 5.56 Å². The van der Waals surface area contributed by atoms with Crippen LogP contribution in [0.4, 0.5) is 11.4 Å². The van der Waals surface area contributed by atoms with Crippen molar-refractivity contribution >= 4 is 17.3 Å². The minimum Gasteiger partial charge on any atom is -0.387 e. The molecule has 3 heteroatoms. The van der Waals surface area contributed by atoms with Gasteiger partial charge in [0.05, 0.1) is 5.56 Å². The van der Waals surface area contributed by atoms with Crippen molar-refractivity contribution in [1.82, 2.24) is 0 Å². The summed E-state index contributed by atoms with van der Waals surface area (Å²) < 4.78 is 0. The quantitative estimate of drug-likeness (QED) is 0.864. The minimum atomic E-state index is -0.106. The molecule has 18 heavy (non-hydrogen) atoms. The highest BCUT2D eigenvalue weighted by molar-refractivity contribution is 6.08. The number of aryl methyl sites for hydroxylation is 1. The number of nitrogens with one attached hydrogen (secondary N) is 2. The molecule has 0 saturated heterocycles. The molecule has 1 amide bonds. The number of hydrogen-bond donors (Lipinski definition) is 2. The van der Waals surface area contributed by atoms with Crippen LogP contribution in [0, 0.1) is 6.92 Å². The lowest BCUT2D eigenvalue weighted by Crippen LogP contribution is -2.14. The maximum Gasteiger partial charge on any atom is 0.257 e. The number of anilines is 2. The molecule has 2 N–H and O–H groups in total. The van der Waals surface area contributed by atoms with Crippen molar-refractivity contribution in [1.29, 1.82) is 0 Å². The van der Waals surface area contributed by atoms with Crippen LogP contribution in [0.25, 0.3) is 0 Å². The summed E-state index contributed by atoms with van der Waals surface area (Å²) in [5, 5.41) is 5.92. The van der Waals surface area contributed by atoms with Crippen LogP contribution in [-0.4, -0.2) is 13.0 Å². The smallest absolute Gasteiger partial charge is 0.257 e. The minimum absolute atomic E-state index is 0.106. The van der Waals surface area contributed by atoms with Crippen molar-refractivity contribution in [3.63, 3.8) is 0 Å². The van der Waals surface area contributed by atoms with Gasteiger partial charge in [-0.3, -0.25) is 4.79 Å². The van der Waals surface area contributed by atoms with Crippen molar-refractivity contribution in [3.05, 3.63) is 59.7 Å². The van der Waals surface area contributed by atoms with E-state index >= 15 is 0 Å². The molecule has 0 aliphatic heterocycles. The van der Waals surface area contributed by atoms with Crippen LogP contribution < -0.4 is 10.6 Å². The van der Waals surface area contributed by atoms with Crippen LogP contribution in [0.2, 0.25) is 0 Å². The lowest BCUT2D eigenvalue weighted by Gasteiger charge is -2.10. The topological polar surface area (TPSA) is 41.1 Å². The second-order valence-corrected chi connectivity index (χ2v) is 4.12. The zero-order chi connectivity index (χ0) is 13.0. The molecular weight excluding hydrogens is 224 g/mol. The van der Waals surface area contributed by atoms with Gasteiger partial charge in [0.25, 0.3) is 5.91 Å². The summed E-state index contributed by atoms with van der Waals surface area (Å²) in [5.74, 6) is -0.106. The standard InChI is InChI=1S/C15H16N2O/c1-11-8-9-13(14(10-11)16-2)15(18)17-12-6-4-3-5-7-12/h3-10,16H,1-2H3,(H,17,18). The molecule has 0 bridgehead atoms. The Hall–Kier alpha value is -2.29. The molecule has 0 atom stereocenters. The van der Waals surface area contributed by atoms with Gasteiger partial charge >= 0.3 is 0 Å². The van der Waals surface area contributed by atoms with Crippen LogP contribution in [0.15, 0.2) is 48.5 Å². The van der Waals surface area contributed by atoms with Gasteiger partial charge in [-0.15, -0.1) is 0 Å². The number of rotatable bonds is 3. The third kappa shape index (κ3) is 2.69. The highest BCUT2D eigenvalue weighted by atomic mass is 16.1. The fraction of sp³-hybridized carbons (Fsp3) is 0.133. The van der Waals surface area contributed by atoms with Crippen molar-refractivity contribution in [2.24, 2.45) is 0 Å². The lowest BCUT2D eigenvalue weighted by molar-refractivity contribution is 0.102. The van der Waals surface area contributed by atoms with Gasteiger partial charge in [-0.05, 0) is 36.8 Å². The molecule has 92 valence electrons. The molecular formula is C15H16N2O. The second kappa shape index (κ2) is 5.36. The molecule has 0 spiro atoms. The van der Waals surface area contributed by atoms with E-state index in [1.165, 1.54) is 0 Å². The molecule has 0 radical (unpaired) electrons. The largest absolute Gasteiger partial charge is 0.387 e. The van der Waals surface area contributed by atoms with E-state index in [1.54, 1.807) is 0 Å². The Morgan fingerprint density at radius 1 is 1.06 bits per heavy atom. The molecule has 3 nitrogen and oxygen atoms in total. The Labute approximate surface area is 107 Å². The van der Waals surface area contributed by atoms with Gasteiger partial charge < -0.3 is 10.6 Å². The molecule has 0 saturated carbocycles. The number of para-hydroxylation sites is 1. The lowest BCUT2D eigenvalue weighted by atomic mass is 10.1. The van der Waals surface area contributed by atoms with Gasteiger partial charge in [0, 0.05) is 18.4 Å². The number of carbonyl (C=O) groups excluding carboxylic acids is 1. The molecule has 0 aliphatic carbocycles. The average molecular weight is 240 g/mol. The Bertz CT molecular complexity index is 550. The maximum absolute atomic E-state index is 12.2. The van der Waals surface area contributed by atoms with Crippen molar-refractivity contribution < 1.29 is 4.79 Å². The van der Waals surface area contributed by atoms with Crippen LogP contribution in [-0.2, 0) is 0 Å². The molecule has 2 aromatic rings. The third-order valence-corrected chi connectivity index (χ3v) is 2.72. The fourth-order valence-corrected chi connectivity index (χ4v) is 1.78. The Kier molecular flexibility index (Phi) is 3.63. The molecule has 2 aromatic carbocycles. The van der Waals surface area contributed by atoms with Gasteiger partial charge in [0.15, 0.2) is 0 Å². The summed E-state index contributed by atoms with van der Waals surface area (Å²) in [6, 6.07) is 15.2. The summed E-state index contributed by atoms with van der Waals surface area (Å²) in [6.45, 7) is 2.00. The van der Waals surface area contributed by atoms with E-state index in [4.69, 9.17) is 0 Å². The first-order valence-corrected chi connectivity index (χ1v) is 5.85. The summed E-state index contributed by atoms with van der Waals surface area (Å²) in [6.07, 6.45) is 0. The SMILES string of the molecule is CNc1cc(C)ccc1C(=O)Nc1ccccc1. The van der Waals surface area contributed by atoms with E-state index < -0.39 is 0 Å². The number of benzene rings is 2. The molecule has 0 unspecified atom stereocenters. The molecule has 2 rings (SSSR count). The number of hydrogen-bond acceptors (Lipinski definition) is 2. The number of carbonyl (C=O) groups is 1. The van der Waals surface area contributed by atoms with Gasteiger partial charge in [-0.1, -0.05) is 24.3 Å². The Balaban J connectivity index is 2.24. The summed E-state index contributed by atoms with van der Waals surface area (Å²) in [4.78, 5) is 12.2. The van der Waals surface area contributed by atoms with Crippen LogP contribution in [0.3, 0.4) is 0 Å². The average Bonchev–Trinajstić information content (AvgIpc) is 2.39. The van der Waals surface area contributed by atoms with Crippen LogP contribution in [0.5, 0.6) is 0 Å². The van der Waals surface area contributed by atoms with Gasteiger partial charge in [-0.25, -0.2) is 0 Å². The first-order chi connectivity index (χ1) is 8.70. The van der Waals surface area contributed by atoms with Crippen LogP contribution in [0.1, 0.15) is 15.9 Å². The molecule has 0 aliphatic rings. The summed E-state index contributed by atoms with van der Waals surface area (Å²) in [7, 11) is 1.81. The van der Waals surface area contributed by atoms with E-state index in [0.717, 1.165) is 16.9 Å². The van der Waals surface area contributed by atoms with E-state index in [9.17, 15) is 4.79 Å². The fourth-order valence-electron chi connectivity index (χ4n) is 1.78. The molecule has 0 aromatic heterocycles. The predicted molar refractivity (Wildman–Crippen MR) is 75.1 cm³/mol. The third-order valence-electron chi connectivity index (χ3n) is 2.72. The zero-order valence-corrected chi connectivity index (χ0v) is 10.5. The highest BCUT2D eigenvalue weighted by Gasteiger charge is 2.10. The van der Waals surface area contributed by atoms with E-state index in [1.807, 2.05) is 62.5 Å². The highest BCUT2D eigenvalue weighted by Crippen LogP contribution is 2.18. The normalized spacial score (nSPS) is 9.89. The molecule has 0 heterocycles. The van der Waals surface area contributed by atoms with E-state index in [2.05, 4.69) is 10.6 Å². The second-order valence-electron chi connectivity index (χ2n) is 4.12. The van der Waals surface area contributed by atoms with Crippen LogP contribution >= 0.6 is 0 Å². The monoisotopic (exact) mass is 240 g/mol. The van der Waals surface area contributed by atoms with Crippen molar-refractivity contribution in [3.8, 4) is 0 Å². The first kappa shape index (κ1) is 12.2. The Morgan fingerprint density at radius 2 is 1.78 bits per heavy atom. The summed E-state index contributed by atoms with van der Waals surface area (Å²) >= 11 is 0. The predicted octanol–water partition coefficient (Wildman–Crippen LogP) is 3.29. The van der Waals surface area contributed by atoms with E-state index in [-0.39, 0.29) is 5.91 Å². The summed E-state index contributed by atoms with van der Waals surface area (Å²) in [5.41, 5.74) is 3.40. The first-order valence-electron chi connectivity index (χ1n) is 5.85. The van der Waals surface area contributed by atoms with Gasteiger partial charge in [0.2, 0.25) is 0 Å². The van der Waals surface area contributed by atoms with Crippen molar-refractivity contribution in [2.45, 2.75) is 6.92 Å².